The van der Waals surface area contributed by atoms with Crippen molar-refractivity contribution >= 4 is 0 Å². The Bertz CT molecular complexity index is 418. The van der Waals surface area contributed by atoms with Gasteiger partial charge in [0.05, 0.1) is 25.4 Å². The average Bonchev–Trinajstić information content (AvgIpc) is 2.94. The summed E-state index contributed by atoms with van der Waals surface area (Å²) in [6, 6.07) is 8.35. The minimum absolute atomic E-state index is 0.224. The van der Waals surface area contributed by atoms with Crippen LogP contribution in [0.25, 0.3) is 0 Å². The van der Waals surface area contributed by atoms with E-state index >= 15 is 0 Å². The number of aliphatic hydroxyl groups is 1. The molecule has 1 aromatic rings. The Labute approximate surface area is 127 Å². The number of nitrogens with zero attached hydrogens (tertiary/aromatic N) is 1. The predicted molar refractivity (Wildman–Crippen MR) is 83.3 cm³/mol. The van der Waals surface area contributed by atoms with Crippen molar-refractivity contribution in [3.05, 3.63) is 35.4 Å². The number of likely N-dealkylation sites (N-methyl/N-ethyl adjacent to an activating group) is 1. The van der Waals surface area contributed by atoms with Gasteiger partial charge < -0.3 is 14.6 Å². The van der Waals surface area contributed by atoms with Gasteiger partial charge in [-0.1, -0.05) is 24.3 Å². The quantitative estimate of drug-likeness (QED) is 0.796. The second-order valence-corrected chi connectivity index (χ2v) is 5.95. The van der Waals surface area contributed by atoms with Crippen molar-refractivity contribution in [1.29, 1.82) is 0 Å². The first kappa shape index (κ1) is 16.4. The van der Waals surface area contributed by atoms with Crippen LogP contribution in [0.2, 0.25) is 0 Å². The Kier molecular flexibility index (Phi) is 6.64. The first-order valence-electron chi connectivity index (χ1n) is 7.75. The van der Waals surface area contributed by atoms with E-state index in [1.54, 1.807) is 0 Å². The fourth-order valence-electron chi connectivity index (χ4n) is 2.67. The summed E-state index contributed by atoms with van der Waals surface area (Å²) in [7, 11) is 2.02. The Balaban J connectivity index is 1.64. The molecule has 2 rings (SSSR count). The van der Waals surface area contributed by atoms with Crippen molar-refractivity contribution in [3.8, 4) is 0 Å². The maximum Gasteiger partial charge on any atom is 0.0900 e. The summed E-state index contributed by atoms with van der Waals surface area (Å²) in [5.74, 6) is 0. The molecule has 21 heavy (non-hydrogen) atoms. The largest absolute Gasteiger partial charge is 0.389 e. The highest BCUT2D eigenvalue weighted by atomic mass is 16.5. The third-order valence-corrected chi connectivity index (χ3v) is 3.86. The fraction of sp³-hybridized carbons (Fsp3) is 0.647. The van der Waals surface area contributed by atoms with E-state index in [0.29, 0.717) is 19.8 Å². The molecule has 1 N–H and O–H groups in total. The number of hydrogen-bond acceptors (Lipinski definition) is 4. The summed E-state index contributed by atoms with van der Waals surface area (Å²) in [4.78, 5) is 2.13. The molecule has 4 nitrogen and oxygen atoms in total. The molecule has 0 amide bonds. The molecule has 0 bridgehead atoms. The van der Waals surface area contributed by atoms with E-state index < -0.39 is 6.10 Å². The third kappa shape index (κ3) is 5.75. The summed E-state index contributed by atoms with van der Waals surface area (Å²) in [5.41, 5.74) is 2.58. The molecule has 1 saturated heterocycles. The van der Waals surface area contributed by atoms with Crippen molar-refractivity contribution in [2.75, 3.05) is 33.4 Å². The van der Waals surface area contributed by atoms with E-state index in [2.05, 4.69) is 30.0 Å². The lowest BCUT2D eigenvalue weighted by Gasteiger charge is -2.22. The van der Waals surface area contributed by atoms with Crippen molar-refractivity contribution in [2.45, 2.75) is 38.5 Å². The zero-order chi connectivity index (χ0) is 15.1. The SMILES string of the molecule is Cc1ccccc1CN(C)CC(O)COCC1CCCO1. The van der Waals surface area contributed by atoms with Gasteiger partial charge in [-0.05, 0) is 37.9 Å². The summed E-state index contributed by atoms with van der Waals surface area (Å²) < 4.78 is 11.0. The van der Waals surface area contributed by atoms with Gasteiger partial charge in [0, 0.05) is 19.7 Å². The molecule has 1 aliphatic rings. The maximum absolute atomic E-state index is 10.0. The molecule has 2 atom stereocenters. The van der Waals surface area contributed by atoms with Gasteiger partial charge in [-0.15, -0.1) is 0 Å². The van der Waals surface area contributed by atoms with Gasteiger partial charge in [0.2, 0.25) is 0 Å². The molecule has 1 aliphatic heterocycles. The van der Waals surface area contributed by atoms with Crippen molar-refractivity contribution in [3.63, 3.8) is 0 Å². The van der Waals surface area contributed by atoms with Crippen LogP contribution in [0.1, 0.15) is 24.0 Å². The molecule has 2 unspecified atom stereocenters. The van der Waals surface area contributed by atoms with Crippen LogP contribution in [-0.2, 0) is 16.0 Å². The first-order chi connectivity index (χ1) is 10.1. The van der Waals surface area contributed by atoms with Crippen molar-refractivity contribution < 1.29 is 14.6 Å². The molecule has 1 fully saturated rings. The number of benzene rings is 1. The number of rotatable bonds is 8. The number of aryl methyl sites for hydroxylation is 1. The fourth-order valence-corrected chi connectivity index (χ4v) is 2.67. The van der Waals surface area contributed by atoms with Crippen LogP contribution in [0, 0.1) is 6.92 Å². The maximum atomic E-state index is 10.0. The number of aliphatic hydroxyl groups excluding tert-OH is 1. The Morgan fingerprint density at radius 1 is 1.43 bits per heavy atom. The highest BCUT2D eigenvalue weighted by Gasteiger charge is 2.16. The Morgan fingerprint density at radius 3 is 2.95 bits per heavy atom. The van der Waals surface area contributed by atoms with Gasteiger partial charge in [-0.3, -0.25) is 4.90 Å². The topological polar surface area (TPSA) is 41.9 Å². The van der Waals surface area contributed by atoms with Gasteiger partial charge in [-0.25, -0.2) is 0 Å². The van der Waals surface area contributed by atoms with Crippen LogP contribution in [0.15, 0.2) is 24.3 Å². The molecule has 4 heteroatoms. The van der Waals surface area contributed by atoms with E-state index in [-0.39, 0.29) is 6.10 Å². The Hall–Kier alpha value is -0.940. The van der Waals surface area contributed by atoms with E-state index in [0.717, 1.165) is 26.0 Å². The molecule has 1 heterocycles. The zero-order valence-electron chi connectivity index (χ0n) is 13.1. The highest BCUT2D eigenvalue weighted by molar-refractivity contribution is 5.25. The third-order valence-electron chi connectivity index (χ3n) is 3.86. The molecule has 118 valence electrons. The van der Waals surface area contributed by atoms with Crippen LogP contribution in [0.5, 0.6) is 0 Å². The molecule has 0 aromatic heterocycles. The monoisotopic (exact) mass is 293 g/mol. The van der Waals surface area contributed by atoms with Crippen molar-refractivity contribution in [1.82, 2.24) is 4.90 Å². The second kappa shape index (κ2) is 8.49. The molecule has 1 aromatic carbocycles. The summed E-state index contributed by atoms with van der Waals surface area (Å²) >= 11 is 0. The van der Waals surface area contributed by atoms with E-state index in [4.69, 9.17) is 9.47 Å². The number of ether oxygens (including phenoxy) is 2. The second-order valence-electron chi connectivity index (χ2n) is 5.95. The molecule has 0 radical (unpaired) electrons. The van der Waals surface area contributed by atoms with Crippen LogP contribution < -0.4 is 0 Å². The highest BCUT2D eigenvalue weighted by Crippen LogP contribution is 2.12. The van der Waals surface area contributed by atoms with Crippen molar-refractivity contribution in [2.24, 2.45) is 0 Å². The van der Waals surface area contributed by atoms with Gasteiger partial charge in [-0.2, -0.15) is 0 Å². The standard InChI is InChI=1S/C17H27NO3/c1-14-6-3-4-7-15(14)10-18(2)11-16(19)12-20-13-17-8-5-9-21-17/h3-4,6-7,16-17,19H,5,8-13H2,1-2H3. The lowest BCUT2D eigenvalue weighted by atomic mass is 10.1. The summed E-state index contributed by atoms with van der Waals surface area (Å²) in [6.45, 7) is 5.38. The Morgan fingerprint density at radius 2 is 2.24 bits per heavy atom. The van der Waals surface area contributed by atoms with E-state index in [1.165, 1.54) is 11.1 Å². The summed E-state index contributed by atoms with van der Waals surface area (Å²) in [6.07, 6.45) is 1.96. The zero-order valence-corrected chi connectivity index (χ0v) is 13.1. The lowest BCUT2D eigenvalue weighted by Crippen LogP contribution is -2.33. The van der Waals surface area contributed by atoms with Crippen LogP contribution in [0.4, 0.5) is 0 Å². The molecular weight excluding hydrogens is 266 g/mol. The molecule has 0 saturated carbocycles. The smallest absolute Gasteiger partial charge is 0.0900 e. The van der Waals surface area contributed by atoms with Gasteiger partial charge in [0.1, 0.15) is 0 Å². The van der Waals surface area contributed by atoms with Crippen LogP contribution >= 0.6 is 0 Å². The minimum Gasteiger partial charge on any atom is -0.389 e. The van der Waals surface area contributed by atoms with E-state index in [1.807, 2.05) is 13.1 Å². The number of hydrogen-bond donors (Lipinski definition) is 1. The minimum atomic E-state index is -0.458. The van der Waals surface area contributed by atoms with Gasteiger partial charge >= 0.3 is 0 Å². The lowest BCUT2D eigenvalue weighted by molar-refractivity contribution is -0.0238. The molecule has 0 spiro atoms. The van der Waals surface area contributed by atoms with Crippen LogP contribution in [-0.4, -0.2) is 55.6 Å². The van der Waals surface area contributed by atoms with E-state index in [9.17, 15) is 5.11 Å². The summed E-state index contributed by atoms with van der Waals surface area (Å²) in [5, 5.41) is 10.0. The first-order valence-corrected chi connectivity index (χ1v) is 7.75. The van der Waals surface area contributed by atoms with Gasteiger partial charge in [0.25, 0.3) is 0 Å². The normalized spacial score (nSPS) is 20.1. The average molecular weight is 293 g/mol. The van der Waals surface area contributed by atoms with Crippen LogP contribution in [0.3, 0.4) is 0 Å². The molecule has 0 aliphatic carbocycles. The van der Waals surface area contributed by atoms with Gasteiger partial charge in [0.15, 0.2) is 0 Å². The molecular formula is C17H27NO3. The predicted octanol–water partition coefficient (Wildman–Crippen LogP) is 1.98.